The lowest BCUT2D eigenvalue weighted by Gasteiger charge is -2.21. The van der Waals surface area contributed by atoms with Crippen LogP contribution >= 0.6 is 11.8 Å². The summed E-state index contributed by atoms with van der Waals surface area (Å²) in [6, 6.07) is 14.8. The van der Waals surface area contributed by atoms with Gasteiger partial charge in [-0.1, -0.05) is 24.3 Å². The Morgan fingerprint density at radius 3 is 2.72 bits per heavy atom. The van der Waals surface area contributed by atoms with Gasteiger partial charge in [0.05, 0.1) is 17.3 Å². The molecule has 29 heavy (non-hydrogen) atoms. The number of thioether (sulfide) groups is 1. The molecule has 0 aliphatic carbocycles. The zero-order valence-electron chi connectivity index (χ0n) is 16.3. The number of nitrogens with zero attached hydrogens (tertiary/aromatic N) is 1. The molecular weight excluding hydrogens is 388 g/mol. The van der Waals surface area contributed by atoms with Crippen molar-refractivity contribution in [1.29, 1.82) is 0 Å². The number of para-hydroxylation sites is 1. The van der Waals surface area contributed by atoms with Gasteiger partial charge < -0.3 is 19.4 Å². The first-order valence-corrected chi connectivity index (χ1v) is 10.4. The summed E-state index contributed by atoms with van der Waals surface area (Å²) in [5.41, 5.74) is 1.72. The maximum absolute atomic E-state index is 12.5. The van der Waals surface area contributed by atoms with Gasteiger partial charge >= 0.3 is 0 Å². The summed E-state index contributed by atoms with van der Waals surface area (Å²) >= 11 is 1.37. The van der Waals surface area contributed by atoms with E-state index in [0.29, 0.717) is 19.0 Å². The highest BCUT2D eigenvalue weighted by Crippen LogP contribution is 2.32. The number of fused-ring (bicyclic) bond motifs is 2. The van der Waals surface area contributed by atoms with Crippen LogP contribution in [0.25, 0.3) is 10.9 Å². The van der Waals surface area contributed by atoms with E-state index in [0.717, 1.165) is 27.1 Å². The highest BCUT2D eigenvalue weighted by Gasteiger charge is 2.16. The summed E-state index contributed by atoms with van der Waals surface area (Å²) in [7, 11) is 1.75. The number of nitrogens with one attached hydrogen (secondary N) is 1. The van der Waals surface area contributed by atoms with Crippen molar-refractivity contribution in [3.63, 3.8) is 0 Å². The Balaban J connectivity index is 1.44. The second kappa shape index (κ2) is 8.21. The topological polar surface area (TPSA) is 69.6 Å². The lowest BCUT2D eigenvalue weighted by atomic mass is 10.1. The highest BCUT2D eigenvalue weighted by molar-refractivity contribution is 8.00. The number of aromatic nitrogens is 1. The average Bonchev–Trinajstić information content (AvgIpc) is 2.75. The fourth-order valence-corrected chi connectivity index (χ4v) is 4.22. The van der Waals surface area contributed by atoms with Crippen LogP contribution < -0.4 is 20.3 Å². The number of hydrogen-bond acceptors (Lipinski definition) is 5. The monoisotopic (exact) mass is 410 g/mol. The predicted octanol–water partition coefficient (Wildman–Crippen LogP) is 3.28. The molecule has 6 nitrogen and oxygen atoms in total. The van der Waals surface area contributed by atoms with Gasteiger partial charge in [-0.05, 0) is 30.7 Å². The molecule has 4 rings (SSSR count). The van der Waals surface area contributed by atoms with E-state index in [1.165, 1.54) is 11.8 Å². The number of ether oxygens (including phenoxy) is 2. The fraction of sp³-hybridized carbons (Fsp3) is 0.273. The molecule has 7 heteroatoms. The minimum Gasteiger partial charge on any atom is -0.486 e. The van der Waals surface area contributed by atoms with E-state index < -0.39 is 0 Å². The Bertz CT molecular complexity index is 1130. The SMILES string of the molecule is CC(NC(=O)CSc1cc(=O)n(C)c2ccccc12)c1ccc2c(c1)OCCO2. The summed E-state index contributed by atoms with van der Waals surface area (Å²) < 4.78 is 12.8. The third-order valence-corrected chi connectivity index (χ3v) is 5.97. The summed E-state index contributed by atoms with van der Waals surface area (Å²) in [6.45, 7) is 3.01. The van der Waals surface area contributed by atoms with Gasteiger partial charge in [-0.3, -0.25) is 9.59 Å². The van der Waals surface area contributed by atoms with Crippen molar-refractivity contribution in [2.24, 2.45) is 7.05 Å². The fourth-order valence-electron chi connectivity index (χ4n) is 3.34. The third kappa shape index (κ3) is 4.10. The van der Waals surface area contributed by atoms with Crippen LogP contribution in [-0.4, -0.2) is 29.4 Å². The first-order chi connectivity index (χ1) is 14.0. The van der Waals surface area contributed by atoms with Crippen molar-refractivity contribution < 1.29 is 14.3 Å². The summed E-state index contributed by atoms with van der Waals surface area (Å²) in [5, 5.41) is 3.97. The first-order valence-electron chi connectivity index (χ1n) is 9.43. The van der Waals surface area contributed by atoms with Crippen LogP contribution in [0.1, 0.15) is 18.5 Å². The molecule has 2 aromatic carbocycles. The van der Waals surface area contributed by atoms with Gasteiger partial charge in [-0.2, -0.15) is 0 Å². The van der Waals surface area contributed by atoms with Crippen molar-refractivity contribution >= 4 is 28.6 Å². The number of pyridine rings is 1. The molecule has 0 fully saturated rings. The molecule has 0 spiro atoms. The molecule has 3 aromatic rings. The van der Waals surface area contributed by atoms with E-state index in [-0.39, 0.29) is 23.3 Å². The maximum Gasteiger partial charge on any atom is 0.251 e. The van der Waals surface area contributed by atoms with Gasteiger partial charge in [0, 0.05) is 23.4 Å². The van der Waals surface area contributed by atoms with E-state index in [2.05, 4.69) is 5.32 Å². The Kier molecular flexibility index (Phi) is 5.49. The van der Waals surface area contributed by atoms with Crippen LogP contribution in [0.4, 0.5) is 0 Å². The Morgan fingerprint density at radius 1 is 1.14 bits per heavy atom. The quantitative estimate of drug-likeness (QED) is 0.654. The normalized spacial score (nSPS) is 13.9. The van der Waals surface area contributed by atoms with Crippen LogP contribution in [0, 0.1) is 0 Å². The molecule has 1 aromatic heterocycles. The molecule has 0 saturated heterocycles. The Morgan fingerprint density at radius 2 is 1.90 bits per heavy atom. The smallest absolute Gasteiger partial charge is 0.251 e. The number of rotatable bonds is 5. The number of carbonyl (C=O) groups excluding carboxylic acids is 1. The molecule has 1 aliphatic heterocycles. The minimum absolute atomic E-state index is 0.0868. The molecule has 2 heterocycles. The van der Waals surface area contributed by atoms with Gasteiger partial charge in [0.2, 0.25) is 5.91 Å². The van der Waals surface area contributed by atoms with Gasteiger partial charge in [0.15, 0.2) is 11.5 Å². The Hall–Kier alpha value is -2.93. The van der Waals surface area contributed by atoms with Gasteiger partial charge in [-0.25, -0.2) is 0 Å². The number of carbonyl (C=O) groups is 1. The molecule has 150 valence electrons. The molecule has 0 radical (unpaired) electrons. The highest BCUT2D eigenvalue weighted by atomic mass is 32.2. The number of aryl methyl sites for hydroxylation is 1. The van der Waals surface area contributed by atoms with Crippen molar-refractivity contribution in [1.82, 2.24) is 9.88 Å². The molecular formula is C22H22N2O4S. The first kappa shape index (κ1) is 19.4. The second-order valence-corrected chi connectivity index (χ2v) is 7.92. The predicted molar refractivity (Wildman–Crippen MR) is 114 cm³/mol. The number of benzene rings is 2. The van der Waals surface area contributed by atoms with Gasteiger partial charge in [0.1, 0.15) is 13.2 Å². The van der Waals surface area contributed by atoms with E-state index in [9.17, 15) is 9.59 Å². The molecule has 1 atom stereocenters. The largest absolute Gasteiger partial charge is 0.486 e. The number of hydrogen-bond donors (Lipinski definition) is 1. The zero-order valence-corrected chi connectivity index (χ0v) is 17.1. The van der Waals surface area contributed by atoms with E-state index in [4.69, 9.17) is 9.47 Å². The van der Waals surface area contributed by atoms with E-state index in [1.807, 2.05) is 49.4 Å². The molecule has 1 unspecified atom stereocenters. The van der Waals surface area contributed by atoms with Crippen molar-refractivity contribution in [3.8, 4) is 11.5 Å². The standard InChI is InChI=1S/C22H22N2O4S/c1-14(15-7-8-18-19(11-15)28-10-9-27-18)23-21(25)13-29-20-12-22(26)24(2)17-6-4-3-5-16(17)20/h3-8,11-12,14H,9-10,13H2,1-2H3,(H,23,25). The molecule has 0 saturated carbocycles. The van der Waals surface area contributed by atoms with Gasteiger partial charge in [0.25, 0.3) is 5.56 Å². The lowest BCUT2D eigenvalue weighted by molar-refractivity contribution is -0.119. The minimum atomic E-state index is -0.167. The van der Waals surface area contributed by atoms with E-state index >= 15 is 0 Å². The molecule has 1 amide bonds. The van der Waals surface area contributed by atoms with Crippen LogP contribution in [0.15, 0.2) is 58.2 Å². The maximum atomic E-state index is 12.5. The van der Waals surface area contributed by atoms with Crippen molar-refractivity contribution in [2.45, 2.75) is 17.9 Å². The van der Waals surface area contributed by atoms with Crippen LogP contribution in [0.5, 0.6) is 11.5 Å². The van der Waals surface area contributed by atoms with Crippen LogP contribution in [0.3, 0.4) is 0 Å². The average molecular weight is 410 g/mol. The Labute approximate surface area is 172 Å². The molecule has 1 N–H and O–H groups in total. The summed E-state index contributed by atoms with van der Waals surface area (Å²) in [5.74, 6) is 1.57. The van der Waals surface area contributed by atoms with E-state index in [1.54, 1.807) is 17.7 Å². The second-order valence-electron chi connectivity index (χ2n) is 6.90. The molecule has 0 bridgehead atoms. The van der Waals surface area contributed by atoms with Crippen LogP contribution in [-0.2, 0) is 11.8 Å². The zero-order chi connectivity index (χ0) is 20.4. The van der Waals surface area contributed by atoms with Crippen LogP contribution in [0.2, 0.25) is 0 Å². The van der Waals surface area contributed by atoms with Gasteiger partial charge in [-0.15, -0.1) is 11.8 Å². The summed E-state index contributed by atoms with van der Waals surface area (Å²) in [6.07, 6.45) is 0. The third-order valence-electron chi connectivity index (χ3n) is 4.92. The lowest BCUT2D eigenvalue weighted by Crippen LogP contribution is -2.28. The van der Waals surface area contributed by atoms with Crippen molar-refractivity contribution in [2.75, 3.05) is 19.0 Å². The molecule has 1 aliphatic rings. The van der Waals surface area contributed by atoms with Crippen molar-refractivity contribution in [3.05, 3.63) is 64.4 Å². The summed E-state index contributed by atoms with van der Waals surface area (Å²) in [4.78, 5) is 25.5. The number of amides is 1.